The molecule has 3 nitrogen and oxygen atoms in total. The highest BCUT2D eigenvalue weighted by Gasteiger charge is 2.07. The Morgan fingerprint density at radius 3 is 2.50 bits per heavy atom. The molecule has 0 aromatic carbocycles. The van der Waals surface area contributed by atoms with Gasteiger partial charge in [-0.3, -0.25) is 0 Å². The molecule has 10 heavy (non-hydrogen) atoms. The normalized spacial score (nSPS) is 11.8. The van der Waals surface area contributed by atoms with Gasteiger partial charge in [-0.25, -0.2) is 4.79 Å². The minimum Gasteiger partial charge on any atom is -0.502 e. The predicted octanol–water partition coefficient (Wildman–Crippen LogP) is 1.18. The first-order chi connectivity index (χ1) is 4.63. The second-order valence-electron chi connectivity index (χ2n) is 1.73. The van der Waals surface area contributed by atoms with E-state index < -0.39 is 11.7 Å². The molecule has 0 aromatic rings. The van der Waals surface area contributed by atoms with E-state index in [4.69, 9.17) is 5.11 Å². The van der Waals surface area contributed by atoms with Crippen molar-refractivity contribution in [2.45, 2.75) is 6.92 Å². The molecule has 0 radical (unpaired) electrons. The molecule has 0 atom stereocenters. The number of carbonyl (C=O) groups is 1. The molecule has 0 aliphatic carbocycles. The number of methoxy groups -OCH3 is 1. The van der Waals surface area contributed by atoms with Gasteiger partial charge in [-0.1, -0.05) is 12.7 Å². The lowest BCUT2D eigenvalue weighted by molar-refractivity contribution is -0.139. The molecule has 0 saturated heterocycles. The molecule has 0 aliphatic rings. The van der Waals surface area contributed by atoms with Gasteiger partial charge >= 0.3 is 5.97 Å². The van der Waals surface area contributed by atoms with E-state index in [1.165, 1.54) is 13.2 Å². The van der Waals surface area contributed by atoms with Crippen molar-refractivity contribution in [2.75, 3.05) is 7.11 Å². The van der Waals surface area contributed by atoms with E-state index in [2.05, 4.69) is 11.3 Å². The third kappa shape index (κ3) is 1.93. The van der Waals surface area contributed by atoms with Gasteiger partial charge in [0.2, 0.25) is 5.76 Å². The van der Waals surface area contributed by atoms with E-state index in [9.17, 15) is 4.79 Å². The maximum absolute atomic E-state index is 10.5. The minimum absolute atomic E-state index is 0.391. The average Bonchev–Trinajstić information content (AvgIpc) is 2.00. The van der Waals surface area contributed by atoms with Crippen LogP contribution in [-0.4, -0.2) is 18.2 Å². The van der Waals surface area contributed by atoms with Gasteiger partial charge < -0.3 is 9.84 Å². The lowest BCUT2D eigenvalue weighted by Crippen LogP contribution is -2.05. The van der Waals surface area contributed by atoms with Crippen LogP contribution in [0, 0.1) is 0 Å². The molecule has 56 valence electrons. The number of esters is 1. The van der Waals surface area contributed by atoms with E-state index in [1.807, 2.05) is 0 Å². The number of aliphatic hydroxyl groups excluding tert-OH is 1. The van der Waals surface area contributed by atoms with Crippen LogP contribution in [0.1, 0.15) is 6.92 Å². The van der Waals surface area contributed by atoms with Crippen molar-refractivity contribution in [1.29, 1.82) is 0 Å². The monoisotopic (exact) mass is 142 g/mol. The summed E-state index contributed by atoms with van der Waals surface area (Å²) >= 11 is 0. The summed E-state index contributed by atoms with van der Waals surface area (Å²) in [6.07, 6.45) is 1.38. The fourth-order valence-electron chi connectivity index (χ4n) is 0.354. The van der Waals surface area contributed by atoms with Gasteiger partial charge in [0.15, 0.2) is 0 Å². The Bertz CT molecular complexity index is 179. The molecule has 3 heteroatoms. The molecule has 0 unspecified atom stereocenters. The maximum atomic E-state index is 10.5. The second-order valence-corrected chi connectivity index (χ2v) is 1.73. The molecule has 0 fully saturated rings. The standard InChI is InChI=1S/C7H10O3/c1-4-5(2)6(8)7(9)10-3/h4,8H,1H2,2-3H3. The van der Waals surface area contributed by atoms with Crippen LogP contribution in [0.4, 0.5) is 0 Å². The number of hydrogen-bond acceptors (Lipinski definition) is 3. The highest BCUT2D eigenvalue weighted by atomic mass is 16.5. The molecule has 0 saturated carbocycles. The summed E-state index contributed by atoms with van der Waals surface area (Å²) in [7, 11) is 1.20. The Morgan fingerprint density at radius 2 is 2.20 bits per heavy atom. The first-order valence-corrected chi connectivity index (χ1v) is 2.74. The molecule has 0 spiro atoms. The lowest BCUT2D eigenvalue weighted by atomic mass is 10.2. The summed E-state index contributed by atoms with van der Waals surface area (Å²) in [5.41, 5.74) is 0.409. The average molecular weight is 142 g/mol. The Kier molecular flexibility index (Phi) is 3.25. The van der Waals surface area contributed by atoms with Crippen molar-refractivity contribution < 1.29 is 14.6 Å². The highest BCUT2D eigenvalue weighted by molar-refractivity contribution is 5.86. The van der Waals surface area contributed by atoms with E-state index in [-0.39, 0.29) is 0 Å². The van der Waals surface area contributed by atoms with Gasteiger partial charge in [0.05, 0.1) is 7.11 Å². The molecule has 0 heterocycles. The SMILES string of the molecule is C=CC(C)=C(O)C(=O)OC. The number of ether oxygens (including phenoxy) is 1. The van der Waals surface area contributed by atoms with Crippen molar-refractivity contribution in [3.05, 3.63) is 24.0 Å². The third-order valence-electron chi connectivity index (χ3n) is 1.06. The number of hydrogen-bond donors (Lipinski definition) is 1. The zero-order valence-electron chi connectivity index (χ0n) is 6.05. The zero-order chi connectivity index (χ0) is 8.15. The van der Waals surface area contributed by atoms with E-state index >= 15 is 0 Å². The summed E-state index contributed by atoms with van der Waals surface area (Å²) in [5.74, 6) is -1.13. The Balaban J connectivity index is 4.45. The van der Waals surface area contributed by atoms with Crippen LogP contribution in [0.5, 0.6) is 0 Å². The van der Waals surface area contributed by atoms with Gasteiger partial charge in [0.25, 0.3) is 0 Å². The zero-order valence-corrected chi connectivity index (χ0v) is 6.05. The molecule has 0 aromatic heterocycles. The largest absolute Gasteiger partial charge is 0.502 e. The molecule has 0 bridgehead atoms. The van der Waals surface area contributed by atoms with Gasteiger partial charge in [-0.05, 0) is 12.5 Å². The van der Waals surface area contributed by atoms with Gasteiger partial charge in [0, 0.05) is 0 Å². The third-order valence-corrected chi connectivity index (χ3v) is 1.06. The molecular weight excluding hydrogens is 132 g/mol. The van der Waals surface area contributed by atoms with Crippen LogP contribution in [0.2, 0.25) is 0 Å². The maximum Gasteiger partial charge on any atom is 0.373 e. The highest BCUT2D eigenvalue weighted by Crippen LogP contribution is 2.01. The van der Waals surface area contributed by atoms with Crippen LogP contribution in [0.25, 0.3) is 0 Å². The van der Waals surface area contributed by atoms with Crippen molar-refractivity contribution in [2.24, 2.45) is 0 Å². The summed E-state index contributed by atoms with van der Waals surface area (Å²) in [6.45, 7) is 4.94. The van der Waals surface area contributed by atoms with Crippen LogP contribution in [0.15, 0.2) is 24.0 Å². The first-order valence-electron chi connectivity index (χ1n) is 2.74. The summed E-state index contributed by atoms with van der Waals surface area (Å²) in [6, 6.07) is 0. The topological polar surface area (TPSA) is 46.5 Å². The van der Waals surface area contributed by atoms with Gasteiger partial charge in [0.1, 0.15) is 0 Å². The van der Waals surface area contributed by atoms with Crippen LogP contribution in [-0.2, 0) is 9.53 Å². The van der Waals surface area contributed by atoms with Crippen molar-refractivity contribution in [3.63, 3.8) is 0 Å². The van der Waals surface area contributed by atoms with Gasteiger partial charge in [-0.15, -0.1) is 0 Å². The van der Waals surface area contributed by atoms with E-state index in [0.717, 1.165) is 0 Å². The Morgan fingerprint density at radius 1 is 1.70 bits per heavy atom. The minimum atomic E-state index is -0.739. The summed E-state index contributed by atoms with van der Waals surface area (Å²) < 4.78 is 4.24. The van der Waals surface area contributed by atoms with Crippen molar-refractivity contribution in [1.82, 2.24) is 0 Å². The number of allylic oxidation sites excluding steroid dienone is 2. The van der Waals surface area contributed by atoms with E-state index in [1.54, 1.807) is 6.92 Å². The predicted molar refractivity (Wildman–Crippen MR) is 37.5 cm³/mol. The van der Waals surface area contributed by atoms with E-state index in [0.29, 0.717) is 5.57 Å². The molecular formula is C7H10O3. The summed E-state index contributed by atoms with van der Waals surface area (Å²) in [4.78, 5) is 10.5. The lowest BCUT2D eigenvalue weighted by Gasteiger charge is -1.98. The van der Waals surface area contributed by atoms with Crippen LogP contribution >= 0.6 is 0 Å². The molecule has 1 N–H and O–H groups in total. The Hall–Kier alpha value is -1.25. The number of rotatable bonds is 2. The van der Waals surface area contributed by atoms with Crippen molar-refractivity contribution >= 4 is 5.97 Å². The number of carbonyl (C=O) groups excluding carboxylic acids is 1. The molecule has 0 amide bonds. The first kappa shape index (κ1) is 8.75. The fraction of sp³-hybridized carbons (Fsp3) is 0.286. The van der Waals surface area contributed by atoms with Crippen LogP contribution < -0.4 is 0 Å². The van der Waals surface area contributed by atoms with Crippen LogP contribution in [0.3, 0.4) is 0 Å². The Labute approximate surface area is 59.6 Å². The quantitative estimate of drug-likeness (QED) is 0.272. The molecule has 0 rings (SSSR count). The summed E-state index contributed by atoms with van der Waals surface area (Å²) in [5, 5.41) is 8.92. The number of aliphatic hydroxyl groups is 1. The van der Waals surface area contributed by atoms with Crippen molar-refractivity contribution in [3.8, 4) is 0 Å². The van der Waals surface area contributed by atoms with Gasteiger partial charge in [-0.2, -0.15) is 0 Å². The fourth-order valence-corrected chi connectivity index (χ4v) is 0.354. The molecule has 0 aliphatic heterocycles. The smallest absolute Gasteiger partial charge is 0.373 e. The second kappa shape index (κ2) is 3.71.